The summed E-state index contributed by atoms with van der Waals surface area (Å²) < 4.78 is 5.05. The average Bonchev–Trinajstić information content (AvgIpc) is 2.87. The minimum absolute atomic E-state index is 0.149. The first-order chi connectivity index (χ1) is 8.05. The Morgan fingerprint density at radius 3 is 2.94 bits per heavy atom. The van der Waals surface area contributed by atoms with Crippen LogP contribution in [0, 0.1) is 5.41 Å². The molecule has 2 saturated heterocycles. The van der Waals surface area contributed by atoms with Gasteiger partial charge in [0, 0.05) is 13.1 Å². The highest BCUT2D eigenvalue weighted by molar-refractivity contribution is 5.75. The second-order valence-corrected chi connectivity index (χ2v) is 4.83. The van der Waals surface area contributed by atoms with E-state index in [1.165, 1.54) is 0 Å². The zero-order valence-corrected chi connectivity index (χ0v) is 9.94. The fraction of sp³-hybridized carbons (Fsp3) is 0.818. The van der Waals surface area contributed by atoms with Gasteiger partial charge in [-0.25, -0.2) is 4.79 Å². The SMILES string of the molecule is CCC1(C(=O)O)CCN(CC2CNC(=O)O2)C1. The molecule has 0 saturated carbocycles. The maximum Gasteiger partial charge on any atom is 0.407 e. The Morgan fingerprint density at radius 2 is 2.47 bits per heavy atom. The smallest absolute Gasteiger partial charge is 0.407 e. The van der Waals surface area contributed by atoms with Crippen LogP contribution in [0.15, 0.2) is 0 Å². The predicted octanol–water partition coefficient (Wildman–Crippen LogP) is 0.282. The van der Waals surface area contributed by atoms with E-state index in [1.54, 1.807) is 0 Å². The number of carboxylic acid groups (broad SMARTS) is 1. The summed E-state index contributed by atoms with van der Waals surface area (Å²) >= 11 is 0. The van der Waals surface area contributed by atoms with Crippen molar-refractivity contribution in [2.45, 2.75) is 25.9 Å². The van der Waals surface area contributed by atoms with E-state index in [4.69, 9.17) is 4.74 Å². The molecule has 0 bridgehead atoms. The van der Waals surface area contributed by atoms with Gasteiger partial charge >= 0.3 is 12.1 Å². The molecule has 2 N–H and O–H groups in total. The number of carbonyl (C=O) groups is 2. The number of hydrogen-bond donors (Lipinski definition) is 2. The number of ether oxygens (including phenoxy) is 1. The van der Waals surface area contributed by atoms with E-state index in [2.05, 4.69) is 10.2 Å². The number of carbonyl (C=O) groups excluding carboxylic acids is 1. The Balaban J connectivity index is 1.89. The van der Waals surface area contributed by atoms with E-state index < -0.39 is 11.4 Å². The molecule has 6 nitrogen and oxygen atoms in total. The van der Waals surface area contributed by atoms with Crippen LogP contribution in [0.2, 0.25) is 0 Å². The Morgan fingerprint density at radius 1 is 1.71 bits per heavy atom. The van der Waals surface area contributed by atoms with Gasteiger partial charge in [0.25, 0.3) is 0 Å². The minimum Gasteiger partial charge on any atom is -0.481 e. The van der Waals surface area contributed by atoms with Crippen LogP contribution in [0.1, 0.15) is 19.8 Å². The number of alkyl carbamates (subject to hydrolysis) is 1. The zero-order chi connectivity index (χ0) is 12.5. The van der Waals surface area contributed by atoms with E-state index in [0.717, 1.165) is 6.54 Å². The van der Waals surface area contributed by atoms with Crippen LogP contribution in [-0.2, 0) is 9.53 Å². The molecule has 2 rings (SSSR count). The summed E-state index contributed by atoms with van der Waals surface area (Å²) in [6, 6.07) is 0. The average molecular weight is 242 g/mol. The molecule has 0 aromatic carbocycles. The number of nitrogens with one attached hydrogen (secondary N) is 1. The third kappa shape index (κ3) is 2.36. The maximum atomic E-state index is 11.3. The first-order valence-electron chi connectivity index (χ1n) is 5.96. The molecule has 2 fully saturated rings. The molecule has 0 spiro atoms. The van der Waals surface area contributed by atoms with Crippen LogP contribution in [0.5, 0.6) is 0 Å². The molecule has 2 aliphatic rings. The third-order valence-corrected chi connectivity index (χ3v) is 3.77. The van der Waals surface area contributed by atoms with Crippen LogP contribution in [0.25, 0.3) is 0 Å². The molecular formula is C11H18N2O4. The van der Waals surface area contributed by atoms with E-state index in [0.29, 0.717) is 32.5 Å². The van der Waals surface area contributed by atoms with E-state index in [9.17, 15) is 14.7 Å². The van der Waals surface area contributed by atoms with Crippen molar-refractivity contribution in [2.75, 3.05) is 26.2 Å². The predicted molar refractivity (Wildman–Crippen MR) is 59.7 cm³/mol. The van der Waals surface area contributed by atoms with E-state index in [1.807, 2.05) is 6.92 Å². The first-order valence-corrected chi connectivity index (χ1v) is 5.96. The van der Waals surface area contributed by atoms with Crippen molar-refractivity contribution in [1.29, 1.82) is 0 Å². The molecule has 2 unspecified atom stereocenters. The monoisotopic (exact) mass is 242 g/mol. The van der Waals surface area contributed by atoms with Crippen molar-refractivity contribution in [1.82, 2.24) is 10.2 Å². The number of cyclic esters (lactones) is 1. The number of carboxylic acids is 1. The Hall–Kier alpha value is -1.30. The van der Waals surface area contributed by atoms with Gasteiger partial charge in [-0.15, -0.1) is 0 Å². The van der Waals surface area contributed by atoms with Crippen molar-refractivity contribution in [3.8, 4) is 0 Å². The first kappa shape index (κ1) is 12.2. The van der Waals surface area contributed by atoms with E-state index >= 15 is 0 Å². The summed E-state index contributed by atoms with van der Waals surface area (Å²) in [5, 5.41) is 11.9. The molecule has 0 radical (unpaired) electrons. The lowest BCUT2D eigenvalue weighted by molar-refractivity contribution is -0.148. The lowest BCUT2D eigenvalue weighted by atomic mass is 9.84. The molecular weight excluding hydrogens is 224 g/mol. The van der Waals surface area contributed by atoms with Gasteiger partial charge < -0.3 is 15.2 Å². The molecule has 6 heteroatoms. The zero-order valence-electron chi connectivity index (χ0n) is 9.94. The van der Waals surface area contributed by atoms with Gasteiger partial charge in [0.05, 0.1) is 12.0 Å². The van der Waals surface area contributed by atoms with Crippen molar-refractivity contribution in [3.05, 3.63) is 0 Å². The van der Waals surface area contributed by atoms with Crippen LogP contribution in [0.4, 0.5) is 4.79 Å². The van der Waals surface area contributed by atoms with Gasteiger partial charge in [0.1, 0.15) is 6.10 Å². The quantitative estimate of drug-likeness (QED) is 0.740. The third-order valence-electron chi connectivity index (χ3n) is 3.77. The highest BCUT2D eigenvalue weighted by atomic mass is 16.6. The normalized spacial score (nSPS) is 33.5. The van der Waals surface area contributed by atoms with Gasteiger partial charge in [0.15, 0.2) is 0 Å². The number of hydrogen-bond acceptors (Lipinski definition) is 4. The van der Waals surface area contributed by atoms with Crippen molar-refractivity contribution < 1.29 is 19.4 Å². The van der Waals surface area contributed by atoms with Crippen LogP contribution >= 0.6 is 0 Å². The lowest BCUT2D eigenvalue weighted by Gasteiger charge is -2.24. The number of nitrogens with zero attached hydrogens (tertiary/aromatic N) is 1. The van der Waals surface area contributed by atoms with Gasteiger partial charge in [-0.3, -0.25) is 9.69 Å². The van der Waals surface area contributed by atoms with Crippen molar-refractivity contribution in [2.24, 2.45) is 5.41 Å². The Labute approximate surface area is 99.9 Å². The Bertz CT molecular complexity index is 333. The van der Waals surface area contributed by atoms with E-state index in [-0.39, 0.29) is 12.2 Å². The fourth-order valence-electron chi connectivity index (χ4n) is 2.55. The number of aliphatic carboxylic acids is 1. The van der Waals surface area contributed by atoms with Gasteiger partial charge in [-0.2, -0.15) is 0 Å². The molecule has 96 valence electrons. The topological polar surface area (TPSA) is 78.9 Å². The van der Waals surface area contributed by atoms with Crippen molar-refractivity contribution >= 4 is 12.1 Å². The largest absolute Gasteiger partial charge is 0.481 e. The lowest BCUT2D eigenvalue weighted by Crippen LogP contribution is -2.37. The standard InChI is InChI=1S/C11H18N2O4/c1-2-11(9(14)15)3-4-13(7-11)6-8-5-12-10(16)17-8/h8H,2-7H2,1H3,(H,12,16)(H,14,15). The van der Waals surface area contributed by atoms with Crippen LogP contribution in [-0.4, -0.2) is 54.4 Å². The maximum absolute atomic E-state index is 11.3. The van der Waals surface area contributed by atoms with Gasteiger partial charge in [-0.05, 0) is 19.4 Å². The number of likely N-dealkylation sites (tertiary alicyclic amines) is 1. The summed E-state index contributed by atoms with van der Waals surface area (Å²) in [6.07, 6.45) is 0.784. The van der Waals surface area contributed by atoms with Crippen molar-refractivity contribution in [3.63, 3.8) is 0 Å². The molecule has 1 amide bonds. The molecule has 17 heavy (non-hydrogen) atoms. The molecule has 2 aliphatic heterocycles. The molecule has 2 atom stereocenters. The fourth-order valence-corrected chi connectivity index (χ4v) is 2.55. The highest BCUT2D eigenvalue weighted by Crippen LogP contribution is 2.34. The number of rotatable bonds is 4. The van der Waals surface area contributed by atoms with Crippen LogP contribution in [0.3, 0.4) is 0 Å². The summed E-state index contributed by atoms with van der Waals surface area (Å²) in [6.45, 7) is 4.35. The molecule has 2 heterocycles. The summed E-state index contributed by atoms with van der Waals surface area (Å²) in [5.41, 5.74) is -0.615. The molecule has 0 aromatic heterocycles. The molecule has 0 aromatic rings. The Kier molecular flexibility index (Phi) is 3.24. The number of amides is 1. The van der Waals surface area contributed by atoms with Gasteiger partial charge in [0.2, 0.25) is 0 Å². The highest BCUT2D eigenvalue weighted by Gasteiger charge is 2.44. The van der Waals surface area contributed by atoms with Crippen LogP contribution < -0.4 is 5.32 Å². The molecule has 0 aliphatic carbocycles. The minimum atomic E-state index is -0.718. The second-order valence-electron chi connectivity index (χ2n) is 4.83. The summed E-state index contributed by atoms with van der Waals surface area (Å²) in [5.74, 6) is -0.718. The summed E-state index contributed by atoms with van der Waals surface area (Å²) in [7, 11) is 0. The van der Waals surface area contributed by atoms with Gasteiger partial charge in [-0.1, -0.05) is 6.92 Å². The second kappa shape index (κ2) is 4.52. The summed E-state index contributed by atoms with van der Waals surface area (Å²) in [4.78, 5) is 24.2.